The number of thiophene rings is 1. The summed E-state index contributed by atoms with van der Waals surface area (Å²) in [5.74, 6) is 0.408. The highest BCUT2D eigenvalue weighted by Crippen LogP contribution is 2.31. The Kier molecular flexibility index (Phi) is 6.03. The third kappa shape index (κ3) is 4.10. The molecule has 1 saturated heterocycles. The lowest BCUT2D eigenvalue weighted by Crippen LogP contribution is -2.49. The second-order valence-electron chi connectivity index (χ2n) is 7.06. The predicted molar refractivity (Wildman–Crippen MR) is 120 cm³/mol. The monoisotopic (exact) mass is 428 g/mol. The normalized spacial score (nSPS) is 15.2. The minimum Gasteiger partial charge on any atom is -0.339 e. The van der Waals surface area contributed by atoms with E-state index in [9.17, 15) is 9.59 Å². The molecule has 0 atom stereocenters. The summed E-state index contributed by atoms with van der Waals surface area (Å²) in [4.78, 5) is 35.3. The van der Waals surface area contributed by atoms with Crippen molar-refractivity contribution in [3.05, 3.63) is 46.1 Å². The highest BCUT2D eigenvalue weighted by atomic mass is 32.2. The van der Waals surface area contributed by atoms with Gasteiger partial charge in [-0.2, -0.15) is 0 Å². The molecule has 0 radical (unpaired) electrons. The zero-order valence-corrected chi connectivity index (χ0v) is 18.3. The van der Waals surface area contributed by atoms with Crippen LogP contribution in [0.4, 0.5) is 0 Å². The summed E-state index contributed by atoms with van der Waals surface area (Å²) in [6, 6.07) is 9.89. The van der Waals surface area contributed by atoms with E-state index in [4.69, 9.17) is 0 Å². The number of carbonyl (C=O) groups is 1. The van der Waals surface area contributed by atoms with E-state index in [1.165, 1.54) is 23.1 Å². The number of thioether (sulfide) groups is 1. The molecule has 4 rings (SSSR count). The minimum atomic E-state index is -0.0680. The Morgan fingerprint density at radius 3 is 2.59 bits per heavy atom. The van der Waals surface area contributed by atoms with Crippen LogP contribution in [-0.2, 0) is 11.8 Å². The first-order chi connectivity index (χ1) is 14.1. The standard InChI is InChI=1S/C21H24N4O2S2/c1-3-24-9-11-25(12-10-24)17(26)14-29-21-22-19-18(20(27)23(21)2)16(13-28-19)15-7-5-4-6-8-15/h4-8,13H,3,9-12,14H2,1-2H3. The van der Waals surface area contributed by atoms with Crippen molar-refractivity contribution < 1.29 is 4.79 Å². The van der Waals surface area contributed by atoms with Gasteiger partial charge < -0.3 is 9.80 Å². The van der Waals surface area contributed by atoms with Crippen LogP contribution in [0.2, 0.25) is 0 Å². The molecule has 0 saturated carbocycles. The van der Waals surface area contributed by atoms with Crippen LogP contribution in [0.1, 0.15) is 6.92 Å². The van der Waals surface area contributed by atoms with Crippen LogP contribution in [-0.4, -0.2) is 63.7 Å². The van der Waals surface area contributed by atoms with E-state index in [2.05, 4.69) is 16.8 Å². The summed E-state index contributed by atoms with van der Waals surface area (Å²) in [5.41, 5.74) is 1.86. The zero-order valence-electron chi connectivity index (χ0n) is 16.6. The number of fused-ring (bicyclic) bond motifs is 1. The molecule has 1 aromatic carbocycles. The summed E-state index contributed by atoms with van der Waals surface area (Å²) >= 11 is 2.82. The van der Waals surface area contributed by atoms with Gasteiger partial charge in [0.05, 0.1) is 11.1 Å². The van der Waals surface area contributed by atoms with Crippen molar-refractivity contribution in [1.29, 1.82) is 0 Å². The first-order valence-corrected chi connectivity index (χ1v) is 11.6. The second kappa shape index (κ2) is 8.69. The molecule has 1 amide bonds. The number of hydrogen-bond donors (Lipinski definition) is 0. The van der Waals surface area contributed by atoms with Crippen LogP contribution in [0.5, 0.6) is 0 Å². The van der Waals surface area contributed by atoms with Crippen molar-refractivity contribution in [3.8, 4) is 11.1 Å². The average molecular weight is 429 g/mol. The Labute approximate surface area is 178 Å². The van der Waals surface area contributed by atoms with Crippen molar-refractivity contribution in [2.45, 2.75) is 12.1 Å². The predicted octanol–water partition coefficient (Wildman–Crippen LogP) is 2.92. The van der Waals surface area contributed by atoms with Gasteiger partial charge >= 0.3 is 0 Å². The third-order valence-corrected chi connectivity index (χ3v) is 7.24. The molecule has 8 heteroatoms. The number of nitrogens with zero attached hydrogens (tertiary/aromatic N) is 4. The van der Waals surface area contributed by atoms with Gasteiger partial charge in [0.25, 0.3) is 5.56 Å². The molecule has 0 unspecified atom stereocenters. The first kappa shape index (κ1) is 20.1. The number of amides is 1. The van der Waals surface area contributed by atoms with Crippen LogP contribution in [0.3, 0.4) is 0 Å². The van der Waals surface area contributed by atoms with Gasteiger partial charge in [0.2, 0.25) is 5.91 Å². The summed E-state index contributed by atoms with van der Waals surface area (Å²) in [5, 5.41) is 3.22. The topological polar surface area (TPSA) is 58.4 Å². The smallest absolute Gasteiger partial charge is 0.263 e. The van der Waals surface area contributed by atoms with E-state index in [0.29, 0.717) is 16.3 Å². The summed E-state index contributed by atoms with van der Waals surface area (Å²) in [7, 11) is 1.73. The molecule has 0 N–H and O–H groups in total. The number of likely N-dealkylation sites (N-methyl/N-ethyl adjacent to an activating group) is 1. The maximum Gasteiger partial charge on any atom is 0.263 e. The number of rotatable bonds is 5. The quantitative estimate of drug-likeness (QED) is 0.462. The van der Waals surface area contributed by atoms with Gasteiger partial charge in [0.15, 0.2) is 5.16 Å². The van der Waals surface area contributed by atoms with Crippen LogP contribution in [0.25, 0.3) is 21.3 Å². The van der Waals surface area contributed by atoms with E-state index in [-0.39, 0.29) is 11.5 Å². The molecular weight excluding hydrogens is 404 g/mol. The van der Waals surface area contributed by atoms with E-state index in [0.717, 1.165) is 48.7 Å². The third-order valence-electron chi connectivity index (χ3n) is 5.36. The van der Waals surface area contributed by atoms with Gasteiger partial charge in [0, 0.05) is 44.2 Å². The van der Waals surface area contributed by atoms with E-state index >= 15 is 0 Å². The average Bonchev–Trinajstić information content (AvgIpc) is 3.19. The molecule has 1 aliphatic heterocycles. The number of carbonyl (C=O) groups excluding carboxylic acids is 1. The van der Waals surface area contributed by atoms with Gasteiger partial charge in [0.1, 0.15) is 4.83 Å². The number of benzene rings is 1. The Morgan fingerprint density at radius 1 is 1.17 bits per heavy atom. The molecule has 3 aromatic rings. The van der Waals surface area contributed by atoms with Crippen LogP contribution >= 0.6 is 23.1 Å². The van der Waals surface area contributed by atoms with Crippen molar-refractivity contribution >= 4 is 39.2 Å². The Morgan fingerprint density at radius 2 is 1.90 bits per heavy atom. The molecule has 29 heavy (non-hydrogen) atoms. The number of aromatic nitrogens is 2. The van der Waals surface area contributed by atoms with Crippen molar-refractivity contribution in [2.24, 2.45) is 7.05 Å². The fraction of sp³-hybridized carbons (Fsp3) is 0.381. The summed E-state index contributed by atoms with van der Waals surface area (Å²) < 4.78 is 1.56. The molecule has 3 heterocycles. The summed E-state index contributed by atoms with van der Waals surface area (Å²) in [6.07, 6.45) is 0. The van der Waals surface area contributed by atoms with Gasteiger partial charge in [-0.15, -0.1) is 11.3 Å². The van der Waals surface area contributed by atoms with E-state index in [1.807, 2.05) is 40.6 Å². The highest BCUT2D eigenvalue weighted by molar-refractivity contribution is 7.99. The SMILES string of the molecule is CCN1CCN(C(=O)CSc2nc3scc(-c4ccccc4)c3c(=O)n2C)CC1. The number of hydrogen-bond acceptors (Lipinski definition) is 6. The zero-order chi connectivity index (χ0) is 20.4. The van der Waals surface area contributed by atoms with Gasteiger partial charge in [-0.1, -0.05) is 49.0 Å². The second-order valence-corrected chi connectivity index (χ2v) is 8.86. The van der Waals surface area contributed by atoms with E-state index in [1.54, 1.807) is 11.6 Å². The maximum absolute atomic E-state index is 13.0. The first-order valence-electron chi connectivity index (χ1n) is 9.75. The molecule has 1 aliphatic rings. The highest BCUT2D eigenvalue weighted by Gasteiger charge is 2.21. The molecule has 0 aliphatic carbocycles. The lowest BCUT2D eigenvalue weighted by atomic mass is 10.1. The molecule has 6 nitrogen and oxygen atoms in total. The van der Waals surface area contributed by atoms with Crippen LogP contribution in [0.15, 0.2) is 45.7 Å². The van der Waals surface area contributed by atoms with Crippen molar-refractivity contribution in [3.63, 3.8) is 0 Å². The van der Waals surface area contributed by atoms with Gasteiger partial charge in [-0.3, -0.25) is 14.2 Å². The van der Waals surface area contributed by atoms with Crippen molar-refractivity contribution in [2.75, 3.05) is 38.5 Å². The lowest BCUT2D eigenvalue weighted by Gasteiger charge is -2.34. The Bertz CT molecular complexity index is 1070. The van der Waals surface area contributed by atoms with Gasteiger partial charge in [-0.25, -0.2) is 4.98 Å². The fourth-order valence-electron chi connectivity index (χ4n) is 3.54. The Balaban J connectivity index is 1.53. The van der Waals surface area contributed by atoms with Gasteiger partial charge in [-0.05, 0) is 12.1 Å². The molecule has 152 valence electrons. The van der Waals surface area contributed by atoms with Crippen LogP contribution < -0.4 is 5.56 Å². The molecule has 1 fully saturated rings. The summed E-state index contributed by atoms with van der Waals surface area (Å²) in [6.45, 7) is 6.55. The van der Waals surface area contributed by atoms with E-state index < -0.39 is 0 Å². The minimum absolute atomic E-state index is 0.0680. The van der Waals surface area contributed by atoms with Crippen molar-refractivity contribution in [1.82, 2.24) is 19.4 Å². The molecule has 0 spiro atoms. The lowest BCUT2D eigenvalue weighted by molar-refractivity contribution is -0.130. The fourth-order valence-corrected chi connectivity index (χ4v) is 5.41. The molecule has 0 bridgehead atoms. The van der Waals surface area contributed by atoms with Crippen LogP contribution in [0, 0.1) is 0 Å². The molecular formula is C21H24N4O2S2. The largest absolute Gasteiger partial charge is 0.339 e. The Hall–Kier alpha value is -2.16. The maximum atomic E-state index is 13.0. The number of piperazine rings is 1. The molecule has 2 aromatic heterocycles.